The van der Waals surface area contributed by atoms with Gasteiger partial charge < -0.3 is 25.4 Å². The van der Waals surface area contributed by atoms with E-state index in [1.165, 1.54) is 19.1 Å². The highest BCUT2D eigenvalue weighted by Crippen LogP contribution is 2.15. The van der Waals surface area contributed by atoms with Gasteiger partial charge >= 0.3 is 11.8 Å². The first-order valence-corrected chi connectivity index (χ1v) is 5.81. The molecule has 0 aromatic heterocycles. The van der Waals surface area contributed by atoms with Gasteiger partial charge in [-0.25, -0.2) is 0 Å². The average molecular weight is 275 g/mol. The van der Waals surface area contributed by atoms with Gasteiger partial charge in [0.2, 0.25) is 0 Å². The Bertz CT molecular complexity index is 338. The monoisotopic (exact) mass is 275 g/mol. The number of nitrogens with one attached hydrogen (secondary N) is 1. The van der Waals surface area contributed by atoms with E-state index in [4.69, 9.17) is 15.2 Å². The van der Waals surface area contributed by atoms with Crippen LogP contribution >= 0.6 is 12.2 Å². The van der Waals surface area contributed by atoms with Crippen molar-refractivity contribution in [1.82, 2.24) is 10.2 Å². The lowest BCUT2D eigenvalue weighted by Gasteiger charge is -2.14. The summed E-state index contributed by atoms with van der Waals surface area (Å²) in [6.07, 6.45) is -0.440. The van der Waals surface area contributed by atoms with E-state index >= 15 is 0 Å². The number of hydrogen-bond acceptors (Lipinski definition) is 5. The van der Waals surface area contributed by atoms with Crippen LogP contribution in [0.15, 0.2) is 0 Å². The number of hydrogen-bond donors (Lipinski definition) is 2. The summed E-state index contributed by atoms with van der Waals surface area (Å²) in [4.78, 5) is 24.8. The number of carbonyl (C=O) groups is 2. The van der Waals surface area contributed by atoms with Crippen molar-refractivity contribution in [2.24, 2.45) is 5.73 Å². The first-order chi connectivity index (χ1) is 8.49. The molecular formula is C10H17N3O4S. The van der Waals surface area contributed by atoms with Gasteiger partial charge in [-0.2, -0.15) is 0 Å². The average Bonchev–Trinajstić information content (AvgIpc) is 2.77. The van der Waals surface area contributed by atoms with Crippen molar-refractivity contribution in [3.63, 3.8) is 0 Å². The Morgan fingerprint density at radius 2 is 1.83 bits per heavy atom. The van der Waals surface area contributed by atoms with Crippen molar-refractivity contribution >= 4 is 29.0 Å². The molecule has 0 aromatic rings. The minimum absolute atomic E-state index is 0.00909. The molecule has 7 nitrogen and oxygen atoms in total. The highest BCUT2D eigenvalue weighted by Gasteiger charge is 2.37. The van der Waals surface area contributed by atoms with Gasteiger partial charge in [0.15, 0.2) is 0 Å². The number of ether oxygens (including phenoxy) is 2. The third-order valence-corrected chi connectivity index (χ3v) is 2.87. The van der Waals surface area contributed by atoms with Crippen LogP contribution in [0, 0.1) is 0 Å². The van der Waals surface area contributed by atoms with Gasteiger partial charge in [0.25, 0.3) is 0 Å². The zero-order valence-corrected chi connectivity index (χ0v) is 11.2. The molecule has 0 aliphatic carbocycles. The maximum atomic E-state index is 11.8. The molecule has 2 unspecified atom stereocenters. The number of carbonyl (C=O) groups excluding carboxylic acids is 2. The van der Waals surface area contributed by atoms with Crippen molar-refractivity contribution in [1.29, 1.82) is 0 Å². The standard InChI is InChI=1S/C10H17N3O4S/c1-16-6-4-13(5-7(6)17-2)10(15)9(14)12-3-8(11)18/h6-7H,3-5H2,1-2H3,(H2,11,18)(H,12,14). The van der Waals surface area contributed by atoms with E-state index in [0.717, 1.165) is 0 Å². The summed E-state index contributed by atoms with van der Waals surface area (Å²) in [5.74, 6) is -1.36. The lowest BCUT2D eigenvalue weighted by molar-refractivity contribution is -0.145. The van der Waals surface area contributed by atoms with E-state index in [1.54, 1.807) is 0 Å². The Balaban J connectivity index is 2.52. The second-order valence-corrected chi connectivity index (χ2v) is 4.43. The summed E-state index contributed by atoms with van der Waals surface area (Å²) < 4.78 is 10.4. The second-order valence-electron chi connectivity index (χ2n) is 3.91. The quantitative estimate of drug-likeness (QED) is 0.467. The first-order valence-electron chi connectivity index (χ1n) is 5.40. The van der Waals surface area contributed by atoms with Crippen LogP contribution in [-0.2, 0) is 19.1 Å². The Morgan fingerprint density at radius 3 is 2.22 bits per heavy atom. The summed E-state index contributed by atoms with van der Waals surface area (Å²) in [6.45, 7) is 0.665. The van der Waals surface area contributed by atoms with Crippen molar-refractivity contribution in [2.75, 3.05) is 33.9 Å². The minimum Gasteiger partial charge on any atom is -0.392 e. The predicted octanol–water partition coefficient (Wildman–Crippen LogP) is -1.74. The van der Waals surface area contributed by atoms with E-state index in [1.807, 2.05) is 0 Å². The van der Waals surface area contributed by atoms with Crippen LogP contribution in [0.4, 0.5) is 0 Å². The van der Waals surface area contributed by atoms with Gasteiger partial charge in [-0.15, -0.1) is 0 Å². The summed E-state index contributed by atoms with van der Waals surface area (Å²) in [5.41, 5.74) is 5.23. The SMILES string of the molecule is COC1CN(C(=O)C(=O)NCC(N)=S)CC1OC. The van der Waals surface area contributed by atoms with Crippen LogP contribution in [0.3, 0.4) is 0 Å². The minimum atomic E-state index is -0.727. The zero-order chi connectivity index (χ0) is 13.7. The molecule has 18 heavy (non-hydrogen) atoms. The number of thiocarbonyl (C=S) groups is 1. The third-order valence-electron chi connectivity index (χ3n) is 2.73. The topological polar surface area (TPSA) is 93.9 Å². The largest absolute Gasteiger partial charge is 0.392 e. The predicted molar refractivity (Wildman–Crippen MR) is 68.0 cm³/mol. The van der Waals surface area contributed by atoms with Gasteiger partial charge in [-0.05, 0) is 0 Å². The van der Waals surface area contributed by atoms with E-state index in [2.05, 4.69) is 17.5 Å². The van der Waals surface area contributed by atoms with Crippen LogP contribution in [0.2, 0.25) is 0 Å². The maximum Gasteiger partial charge on any atom is 0.312 e. The van der Waals surface area contributed by atoms with Crippen molar-refractivity contribution < 1.29 is 19.1 Å². The number of amides is 2. The van der Waals surface area contributed by atoms with Gasteiger partial charge in [-0.3, -0.25) is 9.59 Å². The van der Waals surface area contributed by atoms with Crippen LogP contribution in [0.5, 0.6) is 0 Å². The number of methoxy groups -OCH3 is 2. The van der Waals surface area contributed by atoms with Crippen LogP contribution in [0.25, 0.3) is 0 Å². The smallest absolute Gasteiger partial charge is 0.312 e. The Hall–Kier alpha value is -1.25. The molecule has 1 fully saturated rings. The van der Waals surface area contributed by atoms with E-state index in [9.17, 15) is 9.59 Å². The molecular weight excluding hydrogens is 258 g/mol. The van der Waals surface area contributed by atoms with Gasteiger partial charge in [0.1, 0.15) is 12.2 Å². The van der Waals surface area contributed by atoms with E-state index in [0.29, 0.717) is 13.1 Å². The molecule has 1 heterocycles. The van der Waals surface area contributed by atoms with Gasteiger partial charge in [-0.1, -0.05) is 12.2 Å². The highest BCUT2D eigenvalue weighted by molar-refractivity contribution is 7.80. The molecule has 1 rings (SSSR count). The molecule has 1 saturated heterocycles. The lowest BCUT2D eigenvalue weighted by atomic mass is 10.3. The molecule has 1 aliphatic heterocycles. The summed E-state index contributed by atoms with van der Waals surface area (Å²) in [7, 11) is 3.08. The lowest BCUT2D eigenvalue weighted by Crippen LogP contribution is -2.44. The Kier molecular flexibility index (Phi) is 5.45. The zero-order valence-electron chi connectivity index (χ0n) is 10.3. The van der Waals surface area contributed by atoms with Gasteiger partial charge in [0, 0.05) is 14.2 Å². The maximum absolute atomic E-state index is 11.8. The first kappa shape index (κ1) is 14.8. The van der Waals surface area contributed by atoms with Crippen molar-refractivity contribution in [3.05, 3.63) is 0 Å². The van der Waals surface area contributed by atoms with Crippen LogP contribution < -0.4 is 11.1 Å². The molecule has 0 saturated carbocycles. The fourth-order valence-corrected chi connectivity index (χ4v) is 1.82. The fourth-order valence-electron chi connectivity index (χ4n) is 1.75. The van der Waals surface area contributed by atoms with Gasteiger partial charge in [0.05, 0.1) is 24.6 Å². The summed E-state index contributed by atoms with van der Waals surface area (Å²) in [6, 6.07) is 0. The molecule has 8 heteroatoms. The van der Waals surface area contributed by atoms with Crippen molar-refractivity contribution in [2.45, 2.75) is 12.2 Å². The molecule has 0 radical (unpaired) electrons. The van der Waals surface area contributed by atoms with E-state index < -0.39 is 11.8 Å². The van der Waals surface area contributed by atoms with Crippen molar-refractivity contribution in [3.8, 4) is 0 Å². The Morgan fingerprint density at radius 1 is 1.33 bits per heavy atom. The number of likely N-dealkylation sites (tertiary alicyclic amines) is 1. The number of nitrogens with zero attached hydrogens (tertiary/aromatic N) is 1. The third kappa shape index (κ3) is 3.62. The van der Waals surface area contributed by atoms with Crippen LogP contribution in [-0.4, -0.2) is 67.8 Å². The summed E-state index contributed by atoms with van der Waals surface area (Å²) in [5, 5.41) is 2.35. The molecule has 1 aliphatic rings. The molecule has 102 valence electrons. The molecule has 2 atom stereocenters. The molecule has 3 N–H and O–H groups in total. The second kappa shape index (κ2) is 6.62. The summed E-state index contributed by atoms with van der Waals surface area (Å²) >= 11 is 4.61. The van der Waals surface area contributed by atoms with Crippen LogP contribution in [0.1, 0.15) is 0 Å². The molecule has 2 amide bonds. The molecule has 0 aromatic carbocycles. The Labute approximate surface area is 111 Å². The fraction of sp³-hybridized carbons (Fsp3) is 0.700. The highest BCUT2D eigenvalue weighted by atomic mass is 32.1. The molecule has 0 spiro atoms. The normalized spacial score (nSPS) is 22.9. The number of rotatable bonds is 4. The molecule has 0 bridgehead atoms. The number of nitrogens with two attached hydrogens (primary N) is 1. The van der Waals surface area contributed by atoms with E-state index in [-0.39, 0.29) is 23.7 Å².